The fraction of sp³-hybridized carbons (Fsp3) is 0.227. The summed E-state index contributed by atoms with van der Waals surface area (Å²) in [6.07, 6.45) is 1.38. The Morgan fingerprint density at radius 2 is 1.90 bits per heavy atom. The Labute approximate surface area is 169 Å². The first kappa shape index (κ1) is 18.7. The van der Waals surface area contributed by atoms with Gasteiger partial charge in [-0.25, -0.2) is 9.97 Å². The maximum Gasteiger partial charge on any atom is 0.274 e. The largest absolute Gasteiger partial charge is 0.454 e. The Bertz CT molecular complexity index is 1070. The number of rotatable bonds is 5. The summed E-state index contributed by atoms with van der Waals surface area (Å²) in [6.45, 7) is 6.52. The van der Waals surface area contributed by atoms with Gasteiger partial charge in [-0.05, 0) is 36.1 Å². The lowest BCUT2D eigenvalue weighted by Crippen LogP contribution is -2.14. The first-order valence-corrected chi connectivity index (χ1v) is 9.41. The molecule has 1 aliphatic rings. The van der Waals surface area contributed by atoms with Crippen molar-refractivity contribution in [3.8, 4) is 11.5 Å². The summed E-state index contributed by atoms with van der Waals surface area (Å²) in [5.41, 5.74) is 4.17. The van der Waals surface area contributed by atoms with Crippen molar-refractivity contribution in [1.82, 2.24) is 9.97 Å². The van der Waals surface area contributed by atoms with Crippen LogP contribution in [0, 0.1) is 6.92 Å². The van der Waals surface area contributed by atoms with Crippen LogP contribution in [0.15, 0.2) is 48.8 Å². The number of nitrogens with one attached hydrogen (secondary N) is 2. The summed E-state index contributed by atoms with van der Waals surface area (Å²) in [4.78, 5) is 21.0. The number of benzene rings is 2. The first-order valence-electron chi connectivity index (χ1n) is 9.41. The van der Waals surface area contributed by atoms with Gasteiger partial charge in [0.25, 0.3) is 5.91 Å². The van der Waals surface area contributed by atoms with Crippen molar-refractivity contribution in [2.45, 2.75) is 26.7 Å². The van der Waals surface area contributed by atoms with Gasteiger partial charge in [0.15, 0.2) is 11.5 Å². The zero-order valence-electron chi connectivity index (χ0n) is 16.5. The average Bonchev–Trinajstić information content (AvgIpc) is 3.17. The van der Waals surface area contributed by atoms with E-state index in [0.717, 1.165) is 11.3 Å². The number of carbonyl (C=O) groups excluding carboxylic acids is 1. The number of aromatic nitrogens is 2. The van der Waals surface area contributed by atoms with Gasteiger partial charge in [0.2, 0.25) is 6.79 Å². The van der Waals surface area contributed by atoms with Gasteiger partial charge in [-0.3, -0.25) is 4.79 Å². The van der Waals surface area contributed by atoms with Crippen molar-refractivity contribution in [1.29, 1.82) is 0 Å². The van der Waals surface area contributed by atoms with Crippen LogP contribution in [0.2, 0.25) is 0 Å². The number of fused-ring (bicyclic) bond motifs is 1. The summed E-state index contributed by atoms with van der Waals surface area (Å²) >= 11 is 0. The SMILES string of the molecule is Cc1cccc(C(C)C)c1Nc1cc(C(=O)Nc2ccc3c(c2)OCO3)ncn1. The molecular formula is C22H22N4O3. The van der Waals surface area contributed by atoms with Crippen LogP contribution in [0.25, 0.3) is 0 Å². The predicted octanol–water partition coefficient (Wildman–Crippen LogP) is 4.63. The minimum atomic E-state index is -0.330. The second-order valence-electron chi connectivity index (χ2n) is 7.13. The molecular weight excluding hydrogens is 368 g/mol. The predicted molar refractivity (Wildman–Crippen MR) is 111 cm³/mol. The Kier molecular flexibility index (Phi) is 5.03. The van der Waals surface area contributed by atoms with E-state index >= 15 is 0 Å². The van der Waals surface area contributed by atoms with E-state index in [9.17, 15) is 4.79 Å². The third kappa shape index (κ3) is 3.99. The molecule has 7 nitrogen and oxygen atoms in total. The summed E-state index contributed by atoms with van der Waals surface area (Å²) in [5, 5.41) is 6.18. The number of hydrogen-bond acceptors (Lipinski definition) is 6. The molecule has 29 heavy (non-hydrogen) atoms. The molecule has 2 N–H and O–H groups in total. The standard InChI is InChI=1S/C22H22N4O3/c1-13(2)16-6-4-5-14(3)21(16)26-20-10-17(23-11-24-20)22(27)25-15-7-8-18-19(9-15)29-12-28-18/h4-11,13H,12H2,1-3H3,(H,25,27)(H,23,24,26). The molecule has 0 saturated heterocycles. The Hall–Kier alpha value is -3.61. The van der Waals surface area contributed by atoms with E-state index in [-0.39, 0.29) is 18.4 Å². The van der Waals surface area contributed by atoms with Gasteiger partial charge in [-0.1, -0.05) is 32.0 Å². The van der Waals surface area contributed by atoms with Gasteiger partial charge < -0.3 is 20.1 Å². The van der Waals surface area contributed by atoms with Gasteiger partial charge in [0.1, 0.15) is 17.8 Å². The van der Waals surface area contributed by atoms with Crippen LogP contribution in [-0.2, 0) is 0 Å². The molecule has 0 radical (unpaired) electrons. The van der Waals surface area contributed by atoms with Crippen LogP contribution in [0.1, 0.15) is 41.4 Å². The molecule has 0 aliphatic carbocycles. The van der Waals surface area contributed by atoms with E-state index in [1.807, 2.05) is 19.1 Å². The number of carbonyl (C=O) groups is 1. The van der Waals surface area contributed by atoms with E-state index in [4.69, 9.17) is 9.47 Å². The van der Waals surface area contributed by atoms with Crippen molar-refractivity contribution in [3.63, 3.8) is 0 Å². The van der Waals surface area contributed by atoms with Crippen molar-refractivity contribution in [2.75, 3.05) is 17.4 Å². The molecule has 1 aromatic heterocycles. The van der Waals surface area contributed by atoms with Crippen molar-refractivity contribution < 1.29 is 14.3 Å². The lowest BCUT2D eigenvalue weighted by atomic mass is 9.98. The van der Waals surface area contributed by atoms with Crippen LogP contribution in [0.5, 0.6) is 11.5 Å². The molecule has 1 amide bonds. The lowest BCUT2D eigenvalue weighted by Gasteiger charge is -2.17. The van der Waals surface area contributed by atoms with Crippen LogP contribution >= 0.6 is 0 Å². The van der Waals surface area contributed by atoms with Gasteiger partial charge in [-0.15, -0.1) is 0 Å². The highest BCUT2D eigenvalue weighted by Crippen LogP contribution is 2.34. The number of amides is 1. The quantitative estimate of drug-likeness (QED) is 0.660. The van der Waals surface area contributed by atoms with Crippen LogP contribution in [0.3, 0.4) is 0 Å². The Morgan fingerprint density at radius 1 is 1.07 bits per heavy atom. The minimum Gasteiger partial charge on any atom is -0.454 e. The monoisotopic (exact) mass is 390 g/mol. The molecule has 7 heteroatoms. The number of para-hydroxylation sites is 1. The van der Waals surface area contributed by atoms with E-state index < -0.39 is 0 Å². The molecule has 0 spiro atoms. The lowest BCUT2D eigenvalue weighted by molar-refractivity contribution is 0.102. The van der Waals surface area contributed by atoms with E-state index in [1.54, 1.807) is 24.3 Å². The van der Waals surface area contributed by atoms with Gasteiger partial charge >= 0.3 is 0 Å². The molecule has 148 valence electrons. The fourth-order valence-electron chi connectivity index (χ4n) is 3.19. The highest BCUT2D eigenvalue weighted by atomic mass is 16.7. The smallest absolute Gasteiger partial charge is 0.274 e. The molecule has 4 rings (SSSR count). The fourth-order valence-corrected chi connectivity index (χ4v) is 3.19. The molecule has 0 bridgehead atoms. The molecule has 2 aromatic carbocycles. The molecule has 1 aliphatic heterocycles. The van der Waals surface area contributed by atoms with Crippen molar-refractivity contribution in [3.05, 3.63) is 65.6 Å². The second kappa shape index (κ2) is 7.79. The molecule has 0 fully saturated rings. The number of hydrogen-bond donors (Lipinski definition) is 2. The molecule has 0 atom stereocenters. The normalized spacial score (nSPS) is 12.1. The number of aryl methyl sites for hydroxylation is 1. The van der Waals surface area contributed by atoms with Crippen molar-refractivity contribution >= 4 is 23.1 Å². The highest BCUT2D eigenvalue weighted by Gasteiger charge is 2.16. The third-order valence-corrected chi connectivity index (χ3v) is 4.71. The Balaban J connectivity index is 1.54. The van der Waals surface area contributed by atoms with Crippen LogP contribution in [0.4, 0.5) is 17.2 Å². The summed E-state index contributed by atoms with van der Waals surface area (Å²) in [6, 6.07) is 13.1. The summed E-state index contributed by atoms with van der Waals surface area (Å²) in [5.74, 6) is 1.85. The van der Waals surface area contributed by atoms with Gasteiger partial charge in [0, 0.05) is 23.5 Å². The minimum absolute atomic E-state index is 0.185. The Morgan fingerprint density at radius 3 is 2.72 bits per heavy atom. The van der Waals surface area contributed by atoms with E-state index in [0.29, 0.717) is 28.9 Å². The molecule has 2 heterocycles. The zero-order valence-corrected chi connectivity index (χ0v) is 16.5. The van der Waals surface area contributed by atoms with Crippen LogP contribution in [-0.4, -0.2) is 22.7 Å². The molecule has 0 saturated carbocycles. The number of ether oxygens (including phenoxy) is 2. The maximum absolute atomic E-state index is 12.7. The van der Waals surface area contributed by atoms with Gasteiger partial charge in [0.05, 0.1) is 0 Å². The maximum atomic E-state index is 12.7. The zero-order chi connectivity index (χ0) is 20.4. The molecule has 0 unspecified atom stereocenters. The third-order valence-electron chi connectivity index (χ3n) is 4.71. The number of anilines is 3. The van der Waals surface area contributed by atoms with Gasteiger partial charge in [-0.2, -0.15) is 0 Å². The molecule has 3 aromatic rings. The first-order chi connectivity index (χ1) is 14.0. The van der Waals surface area contributed by atoms with Crippen molar-refractivity contribution in [2.24, 2.45) is 0 Å². The highest BCUT2D eigenvalue weighted by molar-refractivity contribution is 6.03. The number of nitrogens with zero attached hydrogens (tertiary/aromatic N) is 2. The van der Waals surface area contributed by atoms with Crippen LogP contribution < -0.4 is 20.1 Å². The second-order valence-corrected chi connectivity index (χ2v) is 7.13. The summed E-state index contributed by atoms with van der Waals surface area (Å²) < 4.78 is 10.6. The topological polar surface area (TPSA) is 85.4 Å². The summed E-state index contributed by atoms with van der Waals surface area (Å²) in [7, 11) is 0. The average molecular weight is 390 g/mol. The van der Waals surface area contributed by atoms with E-state index in [2.05, 4.69) is 40.5 Å². The van der Waals surface area contributed by atoms with E-state index in [1.165, 1.54) is 11.9 Å².